The van der Waals surface area contributed by atoms with E-state index >= 15 is 0 Å². The van der Waals surface area contributed by atoms with Crippen molar-refractivity contribution in [2.24, 2.45) is 0 Å². The molecule has 2 rings (SSSR count). The number of hydrogen-bond acceptors (Lipinski definition) is 3. The molecule has 0 atom stereocenters. The molecule has 0 bridgehead atoms. The minimum Gasteiger partial charge on any atom is -0.297 e. The van der Waals surface area contributed by atoms with Gasteiger partial charge in [-0.05, 0) is 11.1 Å². The molecule has 3 nitrogen and oxygen atoms in total. The van der Waals surface area contributed by atoms with E-state index in [9.17, 15) is 4.57 Å². The normalized spacial score (nSPS) is 11.4. The van der Waals surface area contributed by atoms with E-state index in [0.29, 0.717) is 0 Å². The molecular weight excluding hydrogens is 374 g/mol. The Morgan fingerprint density at radius 2 is 1.16 bits per heavy atom. The van der Waals surface area contributed by atoms with Crippen LogP contribution >= 0.6 is 27.3 Å². The molecular formula is C14H14IO3P. The van der Waals surface area contributed by atoms with E-state index in [1.165, 1.54) is 0 Å². The molecule has 100 valence electrons. The van der Waals surface area contributed by atoms with Crippen molar-refractivity contribution in [1.82, 2.24) is 0 Å². The first-order chi connectivity index (χ1) is 9.16. The fourth-order valence-electron chi connectivity index (χ4n) is 1.49. The van der Waals surface area contributed by atoms with Crippen LogP contribution in [0.5, 0.6) is 0 Å². The number of hydrogen-bond donors (Lipinski definition) is 0. The third-order valence-corrected chi connectivity index (χ3v) is 5.00. The monoisotopic (exact) mass is 388 g/mol. The highest BCUT2D eigenvalue weighted by molar-refractivity contribution is 14.2. The molecule has 2 aromatic carbocycles. The minimum atomic E-state index is -3.05. The summed E-state index contributed by atoms with van der Waals surface area (Å²) >= 11 is 1.74. The van der Waals surface area contributed by atoms with E-state index in [0.717, 1.165) is 11.1 Å². The predicted molar refractivity (Wildman–Crippen MR) is 84.1 cm³/mol. The van der Waals surface area contributed by atoms with Crippen molar-refractivity contribution >= 4 is 27.3 Å². The lowest BCUT2D eigenvalue weighted by Crippen LogP contribution is -1.93. The van der Waals surface area contributed by atoms with Crippen LogP contribution in [0.15, 0.2) is 60.7 Å². The Morgan fingerprint density at radius 1 is 0.789 bits per heavy atom. The van der Waals surface area contributed by atoms with Gasteiger partial charge in [-0.3, -0.25) is 9.05 Å². The van der Waals surface area contributed by atoms with Crippen molar-refractivity contribution in [2.45, 2.75) is 13.2 Å². The number of benzene rings is 2. The molecule has 0 aromatic heterocycles. The van der Waals surface area contributed by atoms with Crippen LogP contribution in [-0.4, -0.2) is 0 Å². The van der Waals surface area contributed by atoms with Gasteiger partial charge in [-0.1, -0.05) is 60.7 Å². The van der Waals surface area contributed by atoms with Crippen LogP contribution in [0.1, 0.15) is 11.1 Å². The lowest BCUT2D eigenvalue weighted by Gasteiger charge is -2.12. The average molecular weight is 388 g/mol. The van der Waals surface area contributed by atoms with Crippen molar-refractivity contribution in [3.63, 3.8) is 0 Å². The van der Waals surface area contributed by atoms with Crippen molar-refractivity contribution in [3.8, 4) is 0 Å². The SMILES string of the molecule is O=P(I)(OCc1ccccc1)OCc1ccccc1. The van der Waals surface area contributed by atoms with Gasteiger partial charge in [0.2, 0.25) is 0 Å². The molecule has 0 heterocycles. The van der Waals surface area contributed by atoms with E-state index in [1.807, 2.05) is 60.7 Å². The third-order valence-electron chi connectivity index (χ3n) is 2.46. The van der Waals surface area contributed by atoms with Gasteiger partial charge in [0.25, 0.3) is 0 Å². The fraction of sp³-hybridized carbons (Fsp3) is 0.143. The van der Waals surface area contributed by atoms with Crippen molar-refractivity contribution in [1.29, 1.82) is 0 Å². The Morgan fingerprint density at radius 3 is 1.53 bits per heavy atom. The molecule has 5 heteroatoms. The zero-order valence-electron chi connectivity index (χ0n) is 10.2. The molecule has 0 unspecified atom stereocenters. The Labute approximate surface area is 126 Å². The van der Waals surface area contributed by atoms with Crippen LogP contribution in [0.2, 0.25) is 0 Å². The highest BCUT2D eigenvalue weighted by Gasteiger charge is 2.19. The average Bonchev–Trinajstić information content (AvgIpc) is 2.46. The first kappa shape index (κ1) is 14.7. The summed E-state index contributed by atoms with van der Waals surface area (Å²) in [6, 6.07) is 19.2. The standard InChI is InChI=1S/C14H14IO3P/c15-19(16,17-11-13-7-3-1-4-8-13)18-12-14-9-5-2-6-10-14/h1-10H,11-12H2. The van der Waals surface area contributed by atoms with Crippen molar-refractivity contribution < 1.29 is 13.6 Å². The molecule has 0 N–H and O–H groups in total. The van der Waals surface area contributed by atoms with E-state index in [-0.39, 0.29) is 13.2 Å². The minimum absolute atomic E-state index is 0.288. The van der Waals surface area contributed by atoms with Gasteiger partial charge in [0, 0.05) is 0 Å². The van der Waals surface area contributed by atoms with Crippen LogP contribution in [0, 0.1) is 0 Å². The smallest absolute Gasteiger partial charge is 0.297 e. The van der Waals surface area contributed by atoms with E-state index < -0.39 is 5.24 Å². The van der Waals surface area contributed by atoms with Crippen LogP contribution in [0.25, 0.3) is 0 Å². The van der Waals surface area contributed by atoms with Gasteiger partial charge in [-0.2, -0.15) is 0 Å². The number of rotatable bonds is 6. The molecule has 0 saturated heterocycles. The zero-order valence-corrected chi connectivity index (χ0v) is 13.3. The van der Waals surface area contributed by atoms with E-state index in [2.05, 4.69) is 0 Å². The zero-order chi connectivity index (χ0) is 13.6. The van der Waals surface area contributed by atoms with E-state index in [4.69, 9.17) is 9.05 Å². The van der Waals surface area contributed by atoms with Gasteiger partial charge in [0.1, 0.15) is 0 Å². The second-order valence-electron chi connectivity index (χ2n) is 3.95. The summed E-state index contributed by atoms with van der Waals surface area (Å²) < 4.78 is 22.8. The van der Waals surface area contributed by atoms with Crippen LogP contribution in [0.3, 0.4) is 0 Å². The summed E-state index contributed by atoms with van der Waals surface area (Å²) in [5.41, 5.74) is 1.95. The van der Waals surface area contributed by atoms with Gasteiger partial charge in [0.05, 0.1) is 35.3 Å². The summed E-state index contributed by atoms with van der Waals surface area (Å²) in [5, 5.41) is -3.05. The first-order valence-corrected chi connectivity index (χ1v) is 10.2. The van der Waals surface area contributed by atoms with Gasteiger partial charge in [-0.15, -0.1) is 0 Å². The lowest BCUT2D eigenvalue weighted by atomic mass is 10.2. The molecule has 0 radical (unpaired) electrons. The Balaban J connectivity index is 1.84. The maximum absolute atomic E-state index is 12.1. The summed E-state index contributed by atoms with van der Waals surface area (Å²) in [6.45, 7) is 0.575. The Hall–Kier alpha value is -0.680. The van der Waals surface area contributed by atoms with Crippen molar-refractivity contribution in [3.05, 3.63) is 71.8 Å². The molecule has 2 aromatic rings. The molecule has 0 amide bonds. The number of halogens is 1. The molecule has 0 saturated carbocycles. The van der Waals surface area contributed by atoms with Gasteiger partial charge >= 0.3 is 5.24 Å². The maximum Gasteiger partial charge on any atom is 0.389 e. The Kier molecular flexibility index (Phi) is 5.58. The molecule has 0 aliphatic rings. The fourth-order valence-corrected chi connectivity index (χ4v) is 3.01. The predicted octanol–water partition coefficient (Wildman–Crippen LogP) is 4.96. The van der Waals surface area contributed by atoms with E-state index in [1.54, 1.807) is 22.0 Å². The molecule has 0 aliphatic carbocycles. The second-order valence-corrected chi connectivity index (χ2v) is 8.87. The highest BCUT2D eigenvalue weighted by atomic mass is 127. The first-order valence-electron chi connectivity index (χ1n) is 5.82. The highest BCUT2D eigenvalue weighted by Crippen LogP contribution is 2.57. The third kappa shape index (κ3) is 5.45. The van der Waals surface area contributed by atoms with Gasteiger partial charge in [0.15, 0.2) is 0 Å². The Bertz CT molecular complexity index is 498. The molecule has 0 fully saturated rings. The van der Waals surface area contributed by atoms with Gasteiger partial charge in [-0.25, -0.2) is 4.57 Å². The summed E-state index contributed by atoms with van der Waals surface area (Å²) in [5.74, 6) is 0. The molecule has 0 spiro atoms. The summed E-state index contributed by atoms with van der Waals surface area (Å²) in [4.78, 5) is 0. The van der Waals surface area contributed by atoms with Crippen molar-refractivity contribution in [2.75, 3.05) is 0 Å². The topological polar surface area (TPSA) is 35.5 Å². The molecule has 19 heavy (non-hydrogen) atoms. The molecule has 0 aliphatic heterocycles. The summed E-state index contributed by atoms with van der Waals surface area (Å²) in [6.07, 6.45) is 0. The van der Waals surface area contributed by atoms with Crippen LogP contribution in [0.4, 0.5) is 0 Å². The quantitative estimate of drug-likeness (QED) is 0.518. The largest absolute Gasteiger partial charge is 0.389 e. The van der Waals surface area contributed by atoms with Gasteiger partial charge < -0.3 is 0 Å². The van der Waals surface area contributed by atoms with Crippen LogP contribution < -0.4 is 0 Å². The second kappa shape index (κ2) is 7.20. The maximum atomic E-state index is 12.1. The lowest BCUT2D eigenvalue weighted by molar-refractivity contribution is 0.210. The van der Waals surface area contributed by atoms with Crippen LogP contribution in [-0.2, 0) is 26.8 Å². The summed E-state index contributed by atoms with van der Waals surface area (Å²) in [7, 11) is 0.